The highest BCUT2D eigenvalue weighted by atomic mass is 16.5. The van der Waals surface area contributed by atoms with Gasteiger partial charge >= 0.3 is 5.69 Å². The highest BCUT2D eigenvalue weighted by Crippen LogP contribution is 2.20. The zero-order chi connectivity index (χ0) is 20.5. The van der Waals surface area contributed by atoms with Gasteiger partial charge in [0.05, 0.1) is 19.8 Å². The smallest absolute Gasteiger partial charge is 0.332 e. The predicted octanol–water partition coefficient (Wildman–Crippen LogP) is 0.140. The molecule has 2 aromatic heterocycles. The van der Waals surface area contributed by atoms with Crippen LogP contribution in [0.3, 0.4) is 0 Å². The van der Waals surface area contributed by atoms with E-state index in [1.54, 1.807) is 7.05 Å². The molecule has 9 heteroatoms. The van der Waals surface area contributed by atoms with Crippen LogP contribution in [0.15, 0.2) is 9.59 Å². The number of rotatable bonds is 5. The van der Waals surface area contributed by atoms with Gasteiger partial charge in [-0.05, 0) is 26.3 Å². The predicted molar refractivity (Wildman–Crippen MR) is 111 cm³/mol. The number of hydrogen-bond donors (Lipinski definition) is 0. The molecule has 2 fully saturated rings. The van der Waals surface area contributed by atoms with E-state index in [9.17, 15) is 9.59 Å². The van der Waals surface area contributed by atoms with Crippen LogP contribution in [0.25, 0.3) is 11.2 Å². The van der Waals surface area contributed by atoms with Crippen LogP contribution in [0.1, 0.15) is 32.0 Å². The van der Waals surface area contributed by atoms with E-state index in [0.29, 0.717) is 30.3 Å². The summed E-state index contributed by atoms with van der Waals surface area (Å²) in [5.41, 5.74) is 0.413. The quantitative estimate of drug-likeness (QED) is 0.706. The zero-order valence-electron chi connectivity index (χ0n) is 17.8. The number of morpholine rings is 1. The summed E-state index contributed by atoms with van der Waals surface area (Å²) in [6.45, 7) is 8.84. The molecule has 2 saturated heterocycles. The summed E-state index contributed by atoms with van der Waals surface area (Å²) < 4.78 is 10.2. The summed E-state index contributed by atoms with van der Waals surface area (Å²) in [4.78, 5) is 35.0. The third-order valence-corrected chi connectivity index (χ3v) is 6.46. The molecule has 160 valence electrons. The number of ether oxygens (including phenoxy) is 1. The Balaban J connectivity index is 1.73. The molecule has 0 aliphatic carbocycles. The van der Waals surface area contributed by atoms with Crippen LogP contribution in [0.5, 0.6) is 0 Å². The molecule has 0 bridgehead atoms. The Morgan fingerprint density at radius 1 is 1.03 bits per heavy atom. The molecular weight excluding hydrogens is 372 g/mol. The van der Waals surface area contributed by atoms with Gasteiger partial charge in [-0.3, -0.25) is 23.7 Å². The van der Waals surface area contributed by atoms with Crippen molar-refractivity contribution in [2.75, 3.05) is 39.4 Å². The number of aromatic nitrogens is 4. The van der Waals surface area contributed by atoms with Crippen LogP contribution >= 0.6 is 0 Å². The summed E-state index contributed by atoms with van der Waals surface area (Å²) in [5.74, 6) is 0.875. The first kappa shape index (κ1) is 20.3. The molecule has 0 unspecified atom stereocenters. The fourth-order valence-corrected chi connectivity index (χ4v) is 4.49. The van der Waals surface area contributed by atoms with E-state index < -0.39 is 0 Å². The molecule has 0 saturated carbocycles. The number of piperidine rings is 1. The van der Waals surface area contributed by atoms with Crippen LogP contribution in [0.2, 0.25) is 0 Å². The third kappa shape index (κ3) is 3.91. The fourth-order valence-electron chi connectivity index (χ4n) is 4.49. The van der Waals surface area contributed by atoms with E-state index in [1.807, 2.05) is 4.57 Å². The number of fused-ring (bicyclic) bond motifs is 1. The lowest BCUT2D eigenvalue weighted by molar-refractivity contribution is 0.0363. The van der Waals surface area contributed by atoms with Gasteiger partial charge in [-0.15, -0.1) is 0 Å². The van der Waals surface area contributed by atoms with Crippen molar-refractivity contribution in [2.24, 2.45) is 14.1 Å². The Hall–Kier alpha value is -1.97. The molecule has 9 nitrogen and oxygen atoms in total. The van der Waals surface area contributed by atoms with Crippen LogP contribution in [-0.2, 0) is 31.9 Å². The van der Waals surface area contributed by atoms with Gasteiger partial charge in [0.15, 0.2) is 11.2 Å². The normalized spacial score (nSPS) is 21.8. The van der Waals surface area contributed by atoms with Crippen molar-refractivity contribution < 1.29 is 4.74 Å². The van der Waals surface area contributed by atoms with Crippen molar-refractivity contribution in [1.82, 2.24) is 28.5 Å². The summed E-state index contributed by atoms with van der Waals surface area (Å²) in [6.07, 6.45) is 3.65. The van der Waals surface area contributed by atoms with Crippen molar-refractivity contribution in [3.8, 4) is 0 Å². The number of imidazole rings is 1. The summed E-state index contributed by atoms with van der Waals surface area (Å²) >= 11 is 0. The molecule has 2 aromatic rings. The number of hydrogen-bond acceptors (Lipinski definition) is 6. The average Bonchev–Trinajstić information content (AvgIpc) is 3.10. The van der Waals surface area contributed by atoms with Crippen molar-refractivity contribution >= 4 is 11.2 Å². The van der Waals surface area contributed by atoms with Crippen LogP contribution in [0, 0.1) is 0 Å². The number of nitrogens with zero attached hydrogens (tertiary/aromatic N) is 6. The van der Waals surface area contributed by atoms with Gasteiger partial charge in [0.2, 0.25) is 0 Å². The highest BCUT2D eigenvalue weighted by Gasteiger charge is 2.24. The van der Waals surface area contributed by atoms with E-state index in [0.717, 1.165) is 45.2 Å². The van der Waals surface area contributed by atoms with Crippen molar-refractivity contribution in [3.63, 3.8) is 0 Å². The SMILES string of the molecule is C[C@H]1CCCCN1Cc1nc2c(c(=O)n(C)c(=O)n2C)n1CCN1CCOCC1. The largest absolute Gasteiger partial charge is 0.379 e. The minimum absolute atomic E-state index is 0.268. The molecule has 0 spiro atoms. The monoisotopic (exact) mass is 404 g/mol. The molecule has 1 atom stereocenters. The zero-order valence-corrected chi connectivity index (χ0v) is 17.8. The Morgan fingerprint density at radius 3 is 2.52 bits per heavy atom. The topological polar surface area (TPSA) is 77.5 Å². The molecule has 0 aromatic carbocycles. The van der Waals surface area contributed by atoms with Crippen molar-refractivity contribution in [1.29, 1.82) is 0 Å². The van der Waals surface area contributed by atoms with Gasteiger partial charge < -0.3 is 9.30 Å². The minimum Gasteiger partial charge on any atom is -0.379 e. The molecular formula is C20H32N6O3. The lowest BCUT2D eigenvalue weighted by atomic mass is 10.0. The molecule has 0 radical (unpaired) electrons. The van der Waals surface area contributed by atoms with E-state index in [2.05, 4.69) is 16.7 Å². The van der Waals surface area contributed by atoms with Crippen molar-refractivity contribution in [2.45, 2.75) is 45.3 Å². The van der Waals surface area contributed by atoms with E-state index in [-0.39, 0.29) is 11.2 Å². The molecule has 29 heavy (non-hydrogen) atoms. The third-order valence-electron chi connectivity index (χ3n) is 6.46. The fraction of sp³-hybridized carbons (Fsp3) is 0.750. The van der Waals surface area contributed by atoms with Gasteiger partial charge in [0, 0.05) is 46.3 Å². The maximum absolute atomic E-state index is 13.0. The van der Waals surface area contributed by atoms with Gasteiger partial charge in [0.25, 0.3) is 5.56 Å². The minimum atomic E-state index is -0.335. The Bertz CT molecular complexity index is 985. The Labute approximate surface area is 170 Å². The first-order valence-electron chi connectivity index (χ1n) is 10.7. The molecule has 4 rings (SSSR count). The summed E-state index contributed by atoms with van der Waals surface area (Å²) in [7, 11) is 3.23. The first-order chi connectivity index (χ1) is 14.0. The van der Waals surface area contributed by atoms with E-state index in [1.165, 1.54) is 35.4 Å². The van der Waals surface area contributed by atoms with Crippen molar-refractivity contribution in [3.05, 3.63) is 26.7 Å². The molecule has 2 aliphatic rings. The maximum atomic E-state index is 13.0. The first-order valence-corrected chi connectivity index (χ1v) is 10.7. The van der Waals surface area contributed by atoms with E-state index in [4.69, 9.17) is 9.72 Å². The lowest BCUT2D eigenvalue weighted by Crippen LogP contribution is -2.40. The second kappa shape index (κ2) is 8.41. The number of aryl methyl sites for hydroxylation is 1. The van der Waals surface area contributed by atoms with E-state index >= 15 is 0 Å². The Kier molecular flexibility index (Phi) is 5.89. The van der Waals surface area contributed by atoms with Gasteiger partial charge in [0.1, 0.15) is 5.82 Å². The second-order valence-electron chi connectivity index (χ2n) is 8.33. The molecule has 4 heterocycles. The summed E-state index contributed by atoms with van der Waals surface area (Å²) in [5, 5.41) is 0. The second-order valence-corrected chi connectivity index (χ2v) is 8.33. The van der Waals surface area contributed by atoms with Gasteiger partial charge in [-0.25, -0.2) is 9.78 Å². The number of likely N-dealkylation sites (tertiary alicyclic amines) is 1. The van der Waals surface area contributed by atoms with Gasteiger partial charge in [-0.2, -0.15) is 0 Å². The highest BCUT2D eigenvalue weighted by molar-refractivity contribution is 5.71. The molecule has 2 aliphatic heterocycles. The molecule has 0 amide bonds. The Morgan fingerprint density at radius 2 is 1.79 bits per heavy atom. The van der Waals surface area contributed by atoms with Crippen LogP contribution in [0.4, 0.5) is 0 Å². The average molecular weight is 405 g/mol. The lowest BCUT2D eigenvalue weighted by Gasteiger charge is -2.33. The van der Waals surface area contributed by atoms with Crippen LogP contribution in [-0.4, -0.2) is 73.9 Å². The van der Waals surface area contributed by atoms with Crippen LogP contribution < -0.4 is 11.2 Å². The maximum Gasteiger partial charge on any atom is 0.332 e. The van der Waals surface area contributed by atoms with Gasteiger partial charge in [-0.1, -0.05) is 6.42 Å². The molecule has 0 N–H and O–H groups in total. The summed E-state index contributed by atoms with van der Waals surface area (Å²) in [6, 6.07) is 0.503. The standard InChI is InChI=1S/C20H32N6O3/c1-15-6-4-5-7-25(15)14-16-21-18-17(19(27)23(3)20(28)22(18)2)26(16)9-8-24-10-12-29-13-11-24/h15H,4-14H2,1-3H3/t15-/m0/s1.